The van der Waals surface area contributed by atoms with Gasteiger partial charge in [0, 0.05) is 23.7 Å². The summed E-state index contributed by atoms with van der Waals surface area (Å²) in [4.78, 5) is 21.3. The van der Waals surface area contributed by atoms with Crippen molar-refractivity contribution in [2.24, 2.45) is 0 Å². The number of urea groups is 1. The number of sulfone groups is 1. The Hall–Kier alpha value is -3.84. The number of rotatable bonds is 5. The van der Waals surface area contributed by atoms with Gasteiger partial charge in [-0.3, -0.25) is 0 Å². The van der Waals surface area contributed by atoms with Crippen molar-refractivity contribution in [1.82, 2.24) is 15.3 Å². The Morgan fingerprint density at radius 2 is 1.80 bits per heavy atom. The number of benzene rings is 2. The molecule has 0 unspecified atom stereocenters. The van der Waals surface area contributed by atoms with Crippen LogP contribution < -0.4 is 10.6 Å². The number of aromatic nitrogens is 2. The molecule has 180 valence electrons. The molecule has 1 aromatic heterocycles. The largest absolute Gasteiger partial charge is 0.327 e. The van der Waals surface area contributed by atoms with Crippen LogP contribution in [-0.4, -0.2) is 30.7 Å². The van der Waals surface area contributed by atoms with E-state index in [-0.39, 0.29) is 22.0 Å². The maximum absolute atomic E-state index is 14.9. The van der Waals surface area contributed by atoms with Crippen molar-refractivity contribution >= 4 is 21.6 Å². The molecule has 0 spiro atoms. The van der Waals surface area contributed by atoms with Gasteiger partial charge < -0.3 is 10.6 Å². The fraction of sp³-hybridized carbons (Fsp3) is 0.280. The molecule has 0 bridgehead atoms. The summed E-state index contributed by atoms with van der Waals surface area (Å²) in [7, 11) is -3.35. The third-order valence-corrected chi connectivity index (χ3v) is 7.25. The van der Waals surface area contributed by atoms with Crippen LogP contribution in [0.4, 0.5) is 14.9 Å². The molecule has 0 saturated heterocycles. The SMILES string of the molecule is CS(=O)(=O)c1ccc(-c2ccc(NC(=O)NC3(c4ccnc(C#N)n4)CCCCC3)cc2F)cc1. The number of carbonyl (C=O) groups is 1. The molecule has 0 atom stereocenters. The molecule has 8 nitrogen and oxygen atoms in total. The summed E-state index contributed by atoms with van der Waals surface area (Å²) >= 11 is 0. The van der Waals surface area contributed by atoms with Crippen LogP contribution in [0.5, 0.6) is 0 Å². The molecule has 35 heavy (non-hydrogen) atoms. The lowest BCUT2D eigenvalue weighted by molar-refractivity contribution is 0.209. The highest BCUT2D eigenvalue weighted by Crippen LogP contribution is 2.36. The van der Waals surface area contributed by atoms with E-state index in [1.165, 1.54) is 30.5 Å². The lowest BCUT2D eigenvalue weighted by atomic mass is 9.79. The monoisotopic (exact) mass is 493 g/mol. The summed E-state index contributed by atoms with van der Waals surface area (Å²) in [6.07, 6.45) is 6.78. The minimum absolute atomic E-state index is 0.0388. The maximum Gasteiger partial charge on any atom is 0.319 e. The van der Waals surface area contributed by atoms with Gasteiger partial charge in [-0.05, 0) is 54.8 Å². The van der Waals surface area contributed by atoms with Crippen molar-refractivity contribution in [3.05, 3.63) is 72.1 Å². The molecule has 2 aromatic carbocycles. The van der Waals surface area contributed by atoms with Gasteiger partial charge >= 0.3 is 6.03 Å². The fourth-order valence-electron chi connectivity index (χ4n) is 4.37. The average Bonchev–Trinajstić information content (AvgIpc) is 2.84. The topological polar surface area (TPSA) is 125 Å². The molecular formula is C25H24FN5O3S. The summed E-state index contributed by atoms with van der Waals surface area (Å²) in [6.45, 7) is 0. The van der Waals surface area contributed by atoms with E-state index in [2.05, 4.69) is 20.6 Å². The van der Waals surface area contributed by atoms with Crippen LogP contribution in [0.2, 0.25) is 0 Å². The van der Waals surface area contributed by atoms with Crippen molar-refractivity contribution in [3.8, 4) is 17.2 Å². The first kappa shape index (κ1) is 24.3. The Labute approximate surface area is 203 Å². The van der Waals surface area contributed by atoms with Crippen LogP contribution >= 0.6 is 0 Å². The summed E-state index contributed by atoms with van der Waals surface area (Å²) in [5.74, 6) is -0.520. The van der Waals surface area contributed by atoms with E-state index in [4.69, 9.17) is 5.26 Å². The lowest BCUT2D eigenvalue weighted by Crippen LogP contribution is -2.49. The van der Waals surface area contributed by atoms with Gasteiger partial charge in [-0.1, -0.05) is 31.4 Å². The zero-order valence-corrected chi connectivity index (χ0v) is 19.9. The third kappa shape index (κ3) is 5.46. The van der Waals surface area contributed by atoms with E-state index in [9.17, 15) is 17.6 Å². The van der Waals surface area contributed by atoms with Crippen molar-refractivity contribution in [1.29, 1.82) is 5.26 Å². The van der Waals surface area contributed by atoms with Crippen molar-refractivity contribution in [3.63, 3.8) is 0 Å². The van der Waals surface area contributed by atoms with Crippen LogP contribution in [0.15, 0.2) is 59.6 Å². The summed E-state index contributed by atoms with van der Waals surface area (Å²) in [5.41, 5.74) is 0.909. The van der Waals surface area contributed by atoms with E-state index in [1.807, 2.05) is 6.07 Å². The zero-order valence-electron chi connectivity index (χ0n) is 19.1. The lowest BCUT2D eigenvalue weighted by Gasteiger charge is -2.37. The van der Waals surface area contributed by atoms with Gasteiger partial charge in [0.05, 0.1) is 16.1 Å². The fourth-order valence-corrected chi connectivity index (χ4v) is 5.00. The van der Waals surface area contributed by atoms with Crippen LogP contribution in [0, 0.1) is 17.1 Å². The molecule has 1 aliphatic rings. The Morgan fingerprint density at radius 1 is 1.09 bits per heavy atom. The minimum Gasteiger partial charge on any atom is -0.327 e. The number of carbonyl (C=O) groups excluding carboxylic acids is 1. The molecule has 0 radical (unpaired) electrons. The third-order valence-electron chi connectivity index (χ3n) is 6.13. The van der Waals surface area contributed by atoms with E-state index >= 15 is 0 Å². The number of nitrogens with zero attached hydrogens (tertiary/aromatic N) is 3. The standard InChI is InChI=1S/C25H24FN5O3S/c1-35(33,34)19-8-5-17(6-9-19)20-10-7-18(15-21(20)26)29-24(32)31-25(12-3-2-4-13-25)22-11-14-28-23(16-27)30-22/h5-11,14-15H,2-4,12-13H2,1H3,(H2,29,31,32). The Kier molecular flexibility index (Phi) is 6.80. The predicted octanol–water partition coefficient (Wildman–Crippen LogP) is 4.54. The molecule has 1 heterocycles. The van der Waals surface area contributed by atoms with Gasteiger partial charge in [-0.15, -0.1) is 0 Å². The number of halogens is 1. The van der Waals surface area contributed by atoms with Gasteiger partial charge in [0.25, 0.3) is 0 Å². The highest BCUT2D eigenvalue weighted by atomic mass is 32.2. The van der Waals surface area contributed by atoms with E-state index in [0.717, 1.165) is 25.5 Å². The molecule has 2 N–H and O–H groups in total. The van der Waals surface area contributed by atoms with Crippen LogP contribution in [0.3, 0.4) is 0 Å². The maximum atomic E-state index is 14.9. The second kappa shape index (κ2) is 9.80. The molecule has 1 aliphatic carbocycles. The van der Waals surface area contributed by atoms with E-state index in [1.54, 1.807) is 24.3 Å². The van der Waals surface area contributed by atoms with E-state index < -0.39 is 27.2 Å². The molecule has 1 saturated carbocycles. The van der Waals surface area contributed by atoms with Crippen molar-refractivity contribution < 1.29 is 17.6 Å². The first-order valence-electron chi connectivity index (χ1n) is 11.1. The van der Waals surface area contributed by atoms with Gasteiger partial charge in [0.2, 0.25) is 5.82 Å². The highest BCUT2D eigenvalue weighted by Gasteiger charge is 2.37. The number of nitrogens with one attached hydrogen (secondary N) is 2. The number of hydrogen-bond acceptors (Lipinski definition) is 6. The van der Waals surface area contributed by atoms with Crippen LogP contribution in [-0.2, 0) is 15.4 Å². The molecule has 1 fully saturated rings. The highest BCUT2D eigenvalue weighted by molar-refractivity contribution is 7.90. The normalized spacial score (nSPS) is 15.1. The molecule has 2 amide bonds. The van der Waals surface area contributed by atoms with Gasteiger partial charge in [-0.25, -0.2) is 27.6 Å². The predicted molar refractivity (Wildman–Crippen MR) is 129 cm³/mol. The second-order valence-corrected chi connectivity index (χ2v) is 10.6. The number of nitriles is 1. The molecule has 10 heteroatoms. The van der Waals surface area contributed by atoms with Crippen molar-refractivity contribution in [2.45, 2.75) is 42.5 Å². The van der Waals surface area contributed by atoms with Crippen LogP contribution in [0.25, 0.3) is 11.1 Å². The molecule has 3 aromatic rings. The molecule has 4 rings (SSSR count). The molecule has 0 aliphatic heterocycles. The Balaban J connectivity index is 1.52. The van der Waals surface area contributed by atoms with Crippen LogP contribution in [0.1, 0.15) is 43.6 Å². The van der Waals surface area contributed by atoms with Gasteiger partial charge in [0.1, 0.15) is 11.9 Å². The first-order valence-corrected chi connectivity index (χ1v) is 13.0. The number of hydrogen-bond donors (Lipinski definition) is 2. The molecular weight excluding hydrogens is 469 g/mol. The van der Waals surface area contributed by atoms with Gasteiger partial charge in [0.15, 0.2) is 9.84 Å². The zero-order chi connectivity index (χ0) is 25.1. The number of anilines is 1. The Morgan fingerprint density at radius 3 is 2.43 bits per heavy atom. The van der Waals surface area contributed by atoms with Gasteiger partial charge in [-0.2, -0.15) is 5.26 Å². The average molecular weight is 494 g/mol. The summed E-state index contributed by atoms with van der Waals surface area (Å²) in [6, 6.07) is 13.4. The summed E-state index contributed by atoms with van der Waals surface area (Å²) in [5, 5.41) is 14.9. The quantitative estimate of drug-likeness (QED) is 0.538. The first-order chi connectivity index (χ1) is 16.7. The van der Waals surface area contributed by atoms with Crippen molar-refractivity contribution in [2.75, 3.05) is 11.6 Å². The smallest absolute Gasteiger partial charge is 0.319 e. The van der Waals surface area contributed by atoms with E-state index in [0.29, 0.717) is 24.1 Å². The second-order valence-electron chi connectivity index (χ2n) is 8.59. The minimum atomic E-state index is -3.35. The summed E-state index contributed by atoms with van der Waals surface area (Å²) < 4.78 is 38.1. The number of amides is 2. The Bertz CT molecular complexity index is 1400.